The molecule has 0 bridgehead atoms. The summed E-state index contributed by atoms with van der Waals surface area (Å²) < 4.78 is 4.98. The van der Waals surface area contributed by atoms with Crippen molar-refractivity contribution in [3.8, 4) is 0 Å². The fourth-order valence-corrected chi connectivity index (χ4v) is 3.48. The van der Waals surface area contributed by atoms with Gasteiger partial charge in [0.25, 0.3) is 0 Å². The third-order valence-electron chi connectivity index (χ3n) is 4.76. The van der Waals surface area contributed by atoms with E-state index in [0.717, 1.165) is 16.7 Å². The second-order valence-electron chi connectivity index (χ2n) is 6.40. The van der Waals surface area contributed by atoms with Crippen LogP contribution in [0.3, 0.4) is 0 Å². The van der Waals surface area contributed by atoms with E-state index in [1.54, 1.807) is 0 Å². The summed E-state index contributed by atoms with van der Waals surface area (Å²) in [6.45, 7) is -0.0269. The number of rotatable bonds is 8. The molecule has 0 saturated heterocycles. The normalized spacial score (nSPS) is 12.4. The molecule has 0 aliphatic rings. The van der Waals surface area contributed by atoms with Gasteiger partial charge in [0.2, 0.25) is 0 Å². The van der Waals surface area contributed by atoms with Crippen molar-refractivity contribution in [1.82, 2.24) is 5.32 Å². The number of nitrogens with one attached hydrogen (secondary N) is 1. The lowest BCUT2D eigenvalue weighted by molar-refractivity contribution is -0.145. The summed E-state index contributed by atoms with van der Waals surface area (Å²) in [5, 5.41) is 3.49. The second-order valence-corrected chi connectivity index (χ2v) is 6.40. The molecule has 3 aromatic carbocycles. The van der Waals surface area contributed by atoms with Crippen LogP contribution in [0.15, 0.2) is 91.0 Å². The first-order valence-electron chi connectivity index (χ1n) is 9.06. The molecule has 0 radical (unpaired) electrons. The molecule has 1 atom stereocenters. The number of carbonyl (C=O) groups is 1. The van der Waals surface area contributed by atoms with Gasteiger partial charge in [0.15, 0.2) is 0 Å². The van der Waals surface area contributed by atoms with Gasteiger partial charge in [0.1, 0.15) is 6.04 Å². The summed E-state index contributed by atoms with van der Waals surface area (Å²) in [5.41, 5.74) is 2.15. The largest absolute Gasteiger partial charge is 0.468 e. The van der Waals surface area contributed by atoms with Crippen molar-refractivity contribution >= 4 is 5.97 Å². The fraction of sp³-hybridized carbons (Fsp3) is 0.174. The maximum atomic E-state index is 12.5. The summed E-state index contributed by atoms with van der Waals surface area (Å²) >= 11 is 0. The van der Waals surface area contributed by atoms with Crippen LogP contribution in [0.4, 0.5) is 0 Å². The zero-order chi connectivity index (χ0) is 19.8. The van der Waals surface area contributed by atoms with Gasteiger partial charge in [-0.05, 0) is 16.7 Å². The first kappa shape index (κ1) is 19.8. The lowest BCUT2D eigenvalue weighted by Gasteiger charge is -2.39. The van der Waals surface area contributed by atoms with Gasteiger partial charge in [-0.3, -0.25) is 10.1 Å². The van der Waals surface area contributed by atoms with Crippen LogP contribution in [0.2, 0.25) is 0 Å². The fourth-order valence-electron chi connectivity index (χ4n) is 3.48. The van der Waals surface area contributed by atoms with Gasteiger partial charge in [-0.1, -0.05) is 91.0 Å². The molecule has 0 saturated carbocycles. The van der Waals surface area contributed by atoms with Crippen LogP contribution in [-0.2, 0) is 19.9 Å². The molecule has 0 aliphatic heterocycles. The van der Waals surface area contributed by atoms with Crippen LogP contribution in [0.5, 0.6) is 0 Å². The Labute approximate surface area is 165 Å². The van der Waals surface area contributed by atoms with E-state index in [-0.39, 0.29) is 6.61 Å². The third-order valence-corrected chi connectivity index (χ3v) is 4.76. The van der Waals surface area contributed by atoms with Crippen molar-refractivity contribution in [3.05, 3.63) is 108 Å². The molecule has 28 heavy (non-hydrogen) atoms. The molecular formula is C23H24N2O3. The number of methoxy groups -OCH3 is 1. The smallest absolute Gasteiger partial charge is 0.325 e. The molecule has 3 aromatic rings. The van der Waals surface area contributed by atoms with Crippen molar-refractivity contribution in [2.75, 3.05) is 13.7 Å². The zero-order valence-electron chi connectivity index (χ0n) is 15.7. The Morgan fingerprint density at radius 1 is 0.857 bits per heavy atom. The van der Waals surface area contributed by atoms with Crippen LogP contribution >= 0.6 is 0 Å². The number of hydrogen-bond donors (Lipinski definition) is 2. The molecule has 5 nitrogen and oxygen atoms in total. The third kappa shape index (κ3) is 3.97. The predicted molar refractivity (Wildman–Crippen MR) is 108 cm³/mol. The molecule has 144 valence electrons. The average molecular weight is 376 g/mol. The number of nitrogens with two attached hydrogens (primary N) is 1. The van der Waals surface area contributed by atoms with Gasteiger partial charge in [-0.2, -0.15) is 0 Å². The quantitative estimate of drug-likeness (QED) is 0.359. The molecule has 0 aliphatic carbocycles. The Balaban J connectivity index is 2.26. The van der Waals surface area contributed by atoms with E-state index in [4.69, 9.17) is 15.5 Å². The number of hydrogen-bond acceptors (Lipinski definition) is 5. The van der Waals surface area contributed by atoms with Gasteiger partial charge in [-0.25, -0.2) is 5.90 Å². The Hall–Kier alpha value is -2.99. The summed E-state index contributed by atoms with van der Waals surface area (Å²) in [6, 6.07) is 29.2. The van der Waals surface area contributed by atoms with Crippen LogP contribution in [0.1, 0.15) is 16.7 Å². The number of esters is 1. The molecule has 0 fully saturated rings. The SMILES string of the molecule is COC(=O)C(CON)NC(c1ccccc1)(c1ccccc1)c1ccccc1. The van der Waals surface area contributed by atoms with Gasteiger partial charge < -0.3 is 9.57 Å². The van der Waals surface area contributed by atoms with E-state index < -0.39 is 17.6 Å². The van der Waals surface area contributed by atoms with E-state index in [1.165, 1.54) is 7.11 Å². The first-order valence-corrected chi connectivity index (χ1v) is 9.06. The van der Waals surface area contributed by atoms with E-state index in [9.17, 15) is 4.79 Å². The minimum absolute atomic E-state index is 0.0269. The van der Waals surface area contributed by atoms with Crippen molar-refractivity contribution in [3.63, 3.8) is 0 Å². The topological polar surface area (TPSA) is 73.6 Å². The lowest BCUT2D eigenvalue weighted by atomic mass is 9.76. The minimum atomic E-state index is -0.804. The Morgan fingerprint density at radius 3 is 1.57 bits per heavy atom. The standard InChI is InChI=1S/C23H24N2O3/c1-27-22(26)21(17-28-24)25-23(18-11-5-2-6-12-18,19-13-7-3-8-14-19)20-15-9-4-10-16-20/h2-16,21,25H,17,24H2,1H3. The zero-order valence-corrected chi connectivity index (χ0v) is 15.7. The molecule has 0 heterocycles. The van der Waals surface area contributed by atoms with E-state index >= 15 is 0 Å². The minimum Gasteiger partial charge on any atom is -0.468 e. The van der Waals surface area contributed by atoms with E-state index in [0.29, 0.717) is 0 Å². The van der Waals surface area contributed by atoms with Crippen molar-refractivity contribution < 1.29 is 14.4 Å². The maximum Gasteiger partial charge on any atom is 0.325 e. The van der Waals surface area contributed by atoms with E-state index in [2.05, 4.69) is 5.32 Å². The summed E-state index contributed by atoms with van der Waals surface area (Å²) in [5.74, 6) is 4.86. The molecule has 0 aromatic heterocycles. The number of carbonyl (C=O) groups excluding carboxylic acids is 1. The monoisotopic (exact) mass is 376 g/mol. The highest BCUT2D eigenvalue weighted by molar-refractivity contribution is 5.76. The maximum absolute atomic E-state index is 12.5. The highest BCUT2D eigenvalue weighted by atomic mass is 16.6. The van der Waals surface area contributed by atoms with Gasteiger partial charge in [0, 0.05) is 0 Å². The summed E-state index contributed by atoms with van der Waals surface area (Å²) in [4.78, 5) is 17.3. The van der Waals surface area contributed by atoms with Gasteiger partial charge in [-0.15, -0.1) is 0 Å². The molecule has 0 spiro atoms. The molecule has 3 rings (SSSR count). The highest BCUT2D eigenvalue weighted by Gasteiger charge is 2.40. The first-order chi connectivity index (χ1) is 13.7. The van der Waals surface area contributed by atoms with Crippen LogP contribution in [0, 0.1) is 0 Å². The van der Waals surface area contributed by atoms with Crippen LogP contribution in [0.25, 0.3) is 0 Å². The van der Waals surface area contributed by atoms with Gasteiger partial charge in [0.05, 0.1) is 19.3 Å². The highest BCUT2D eigenvalue weighted by Crippen LogP contribution is 2.37. The summed E-state index contributed by atoms with van der Waals surface area (Å²) in [7, 11) is 1.35. The lowest BCUT2D eigenvalue weighted by Crippen LogP contribution is -2.54. The van der Waals surface area contributed by atoms with Crippen molar-refractivity contribution in [2.45, 2.75) is 11.6 Å². The van der Waals surface area contributed by atoms with Crippen LogP contribution in [-0.4, -0.2) is 25.7 Å². The second kappa shape index (κ2) is 9.28. The molecule has 0 amide bonds. The van der Waals surface area contributed by atoms with Crippen LogP contribution < -0.4 is 11.2 Å². The van der Waals surface area contributed by atoms with Crippen molar-refractivity contribution in [1.29, 1.82) is 0 Å². The van der Waals surface area contributed by atoms with Crippen molar-refractivity contribution in [2.24, 2.45) is 5.90 Å². The predicted octanol–water partition coefficient (Wildman–Crippen LogP) is 3.00. The Bertz CT molecular complexity index is 773. The number of ether oxygens (including phenoxy) is 1. The van der Waals surface area contributed by atoms with Gasteiger partial charge >= 0.3 is 5.97 Å². The molecule has 5 heteroatoms. The number of benzene rings is 3. The Kier molecular flexibility index (Phi) is 6.55. The molecule has 3 N–H and O–H groups in total. The molecule has 1 unspecified atom stereocenters. The van der Waals surface area contributed by atoms with E-state index in [1.807, 2.05) is 91.0 Å². The Morgan fingerprint density at radius 2 is 1.25 bits per heavy atom. The average Bonchev–Trinajstić information content (AvgIpc) is 2.78. The summed E-state index contributed by atoms with van der Waals surface area (Å²) in [6.07, 6.45) is 0. The molecular weight excluding hydrogens is 352 g/mol.